The Morgan fingerprint density at radius 1 is 1.38 bits per heavy atom. The normalized spacial score (nSPS) is 12.0. The Bertz CT molecular complexity index is 527. The van der Waals surface area contributed by atoms with Crippen LogP contribution in [-0.4, -0.2) is 36.1 Å². The molecule has 0 aliphatic heterocycles. The van der Waals surface area contributed by atoms with Gasteiger partial charge in [-0.3, -0.25) is 4.79 Å². The molecule has 0 heterocycles. The van der Waals surface area contributed by atoms with Gasteiger partial charge in [0.25, 0.3) is 5.91 Å². The zero-order valence-electron chi connectivity index (χ0n) is 10.5. The number of amides is 1. The van der Waals surface area contributed by atoms with E-state index in [1.165, 1.54) is 6.07 Å². The fourth-order valence-corrected chi connectivity index (χ4v) is 1.59. The highest BCUT2D eigenvalue weighted by Gasteiger charge is 2.24. The van der Waals surface area contributed by atoms with Crippen LogP contribution in [0.2, 0.25) is 5.02 Å². The second-order valence-corrected chi connectivity index (χ2v) is 4.36. The van der Waals surface area contributed by atoms with Crippen molar-refractivity contribution in [3.63, 3.8) is 0 Å². The molecule has 0 aromatic heterocycles. The van der Waals surface area contributed by atoms with E-state index in [0.717, 1.165) is 12.1 Å². The largest absolute Gasteiger partial charge is 0.482 e. The van der Waals surface area contributed by atoms with Crippen LogP contribution in [0.4, 0.5) is 13.2 Å². The van der Waals surface area contributed by atoms with Crippen LogP contribution in [0.25, 0.3) is 0 Å². The number of carbonyl (C=O) groups excluding carboxylic acids is 1. The third kappa shape index (κ3) is 5.90. The standard InChI is InChI=1S/C12H11ClF3NO4/c13-7-3-6(14)1-2-9(7)21-5-11(18)17-8(12(19)20)4-10(15)16/h1-3,8,10H,4-5H2,(H,17,18)(H,19,20). The van der Waals surface area contributed by atoms with Crippen LogP contribution in [0.15, 0.2) is 18.2 Å². The quantitative estimate of drug-likeness (QED) is 0.805. The van der Waals surface area contributed by atoms with Crippen molar-refractivity contribution in [1.29, 1.82) is 0 Å². The van der Waals surface area contributed by atoms with Crippen LogP contribution < -0.4 is 10.1 Å². The number of carbonyl (C=O) groups is 2. The molecule has 0 radical (unpaired) electrons. The molecular weight excluding hydrogens is 315 g/mol. The maximum Gasteiger partial charge on any atom is 0.326 e. The van der Waals surface area contributed by atoms with Gasteiger partial charge in [-0.15, -0.1) is 0 Å². The lowest BCUT2D eigenvalue weighted by molar-refractivity contribution is -0.143. The van der Waals surface area contributed by atoms with E-state index >= 15 is 0 Å². The molecule has 0 fully saturated rings. The first-order valence-electron chi connectivity index (χ1n) is 5.67. The lowest BCUT2D eigenvalue weighted by Crippen LogP contribution is -2.44. The third-order valence-electron chi connectivity index (χ3n) is 2.30. The maximum atomic E-state index is 12.8. The lowest BCUT2D eigenvalue weighted by Gasteiger charge is -2.14. The monoisotopic (exact) mass is 325 g/mol. The van der Waals surface area contributed by atoms with E-state index in [-0.39, 0.29) is 10.8 Å². The Labute approximate surface area is 122 Å². The van der Waals surface area contributed by atoms with Crippen molar-refractivity contribution in [3.8, 4) is 5.75 Å². The smallest absolute Gasteiger partial charge is 0.326 e. The van der Waals surface area contributed by atoms with Gasteiger partial charge in [-0.2, -0.15) is 0 Å². The van der Waals surface area contributed by atoms with Crippen molar-refractivity contribution in [3.05, 3.63) is 29.0 Å². The Balaban J connectivity index is 2.54. The van der Waals surface area contributed by atoms with E-state index in [1.54, 1.807) is 0 Å². The van der Waals surface area contributed by atoms with Crippen LogP contribution in [-0.2, 0) is 9.59 Å². The molecule has 1 amide bonds. The molecule has 0 bridgehead atoms. The predicted octanol–water partition coefficient (Wildman–Crippen LogP) is 2.08. The van der Waals surface area contributed by atoms with Gasteiger partial charge in [0.1, 0.15) is 17.6 Å². The first kappa shape index (κ1) is 17.1. The fraction of sp³-hybridized carbons (Fsp3) is 0.333. The van der Waals surface area contributed by atoms with Crippen LogP contribution in [0, 0.1) is 5.82 Å². The fourth-order valence-electron chi connectivity index (χ4n) is 1.37. The van der Waals surface area contributed by atoms with E-state index in [4.69, 9.17) is 21.4 Å². The molecule has 116 valence electrons. The Kier molecular flexibility index (Phi) is 6.29. The number of benzene rings is 1. The summed E-state index contributed by atoms with van der Waals surface area (Å²) in [5.74, 6) is -3.08. The average molecular weight is 326 g/mol. The van der Waals surface area contributed by atoms with E-state index in [9.17, 15) is 22.8 Å². The minimum atomic E-state index is -2.88. The Morgan fingerprint density at radius 2 is 2.05 bits per heavy atom. The van der Waals surface area contributed by atoms with Gasteiger partial charge in [-0.1, -0.05) is 11.6 Å². The van der Waals surface area contributed by atoms with Crippen LogP contribution in [0.3, 0.4) is 0 Å². The number of alkyl halides is 2. The van der Waals surface area contributed by atoms with Gasteiger partial charge in [0, 0.05) is 6.42 Å². The summed E-state index contributed by atoms with van der Waals surface area (Å²) in [6.45, 7) is -0.641. The highest BCUT2D eigenvalue weighted by Crippen LogP contribution is 2.24. The molecule has 0 saturated carbocycles. The molecule has 2 N–H and O–H groups in total. The number of carboxylic acids is 1. The molecular formula is C12H11ClF3NO4. The number of halogens is 4. The Hall–Kier alpha value is -1.96. The van der Waals surface area contributed by atoms with E-state index < -0.39 is 43.2 Å². The van der Waals surface area contributed by atoms with Crippen molar-refractivity contribution in [2.75, 3.05) is 6.61 Å². The molecule has 0 spiro atoms. The summed E-state index contributed by atoms with van der Waals surface area (Å²) in [5.41, 5.74) is 0. The topological polar surface area (TPSA) is 75.6 Å². The first-order chi connectivity index (χ1) is 9.79. The van der Waals surface area contributed by atoms with Crippen LogP contribution >= 0.6 is 11.6 Å². The molecule has 1 unspecified atom stereocenters. The molecule has 0 saturated heterocycles. The van der Waals surface area contributed by atoms with Crippen LogP contribution in [0.1, 0.15) is 6.42 Å². The van der Waals surface area contributed by atoms with Crippen molar-refractivity contribution in [2.45, 2.75) is 18.9 Å². The summed E-state index contributed by atoms with van der Waals surface area (Å²) in [7, 11) is 0. The van der Waals surface area contributed by atoms with Crippen molar-refractivity contribution < 1.29 is 32.6 Å². The second-order valence-electron chi connectivity index (χ2n) is 3.95. The van der Waals surface area contributed by atoms with Gasteiger partial charge < -0.3 is 15.2 Å². The van der Waals surface area contributed by atoms with Crippen molar-refractivity contribution in [2.24, 2.45) is 0 Å². The SMILES string of the molecule is O=C(COc1ccc(F)cc1Cl)NC(CC(F)F)C(=O)O. The van der Waals surface area contributed by atoms with E-state index in [0.29, 0.717) is 0 Å². The highest BCUT2D eigenvalue weighted by atomic mass is 35.5. The average Bonchev–Trinajstić information content (AvgIpc) is 2.36. The summed E-state index contributed by atoms with van der Waals surface area (Å²) >= 11 is 5.65. The number of nitrogens with one attached hydrogen (secondary N) is 1. The van der Waals surface area contributed by atoms with Gasteiger partial charge in [-0.25, -0.2) is 18.0 Å². The van der Waals surface area contributed by atoms with Crippen molar-refractivity contribution >= 4 is 23.5 Å². The van der Waals surface area contributed by atoms with Crippen molar-refractivity contribution in [1.82, 2.24) is 5.32 Å². The highest BCUT2D eigenvalue weighted by molar-refractivity contribution is 6.32. The second kappa shape index (κ2) is 7.72. The van der Waals surface area contributed by atoms with Gasteiger partial charge in [0.15, 0.2) is 6.61 Å². The number of hydrogen-bond donors (Lipinski definition) is 2. The van der Waals surface area contributed by atoms with Gasteiger partial charge in [0.05, 0.1) is 5.02 Å². The first-order valence-corrected chi connectivity index (χ1v) is 6.05. The molecule has 1 atom stereocenters. The van der Waals surface area contributed by atoms with E-state index in [1.807, 2.05) is 5.32 Å². The molecule has 9 heteroatoms. The zero-order chi connectivity index (χ0) is 16.0. The number of ether oxygens (including phenoxy) is 1. The number of aliphatic carboxylic acids is 1. The summed E-state index contributed by atoms with van der Waals surface area (Å²) < 4.78 is 42.0. The molecule has 5 nitrogen and oxygen atoms in total. The number of hydrogen-bond acceptors (Lipinski definition) is 3. The van der Waals surface area contributed by atoms with Gasteiger partial charge in [0.2, 0.25) is 6.43 Å². The Morgan fingerprint density at radius 3 is 2.57 bits per heavy atom. The number of rotatable bonds is 7. The summed E-state index contributed by atoms with van der Waals surface area (Å²) in [4.78, 5) is 22.1. The molecule has 21 heavy (non-hydrogen) atoms. The third-order valence-corrected chi connectivity index (χ3v) is 2.60. The van der Waals surface area contributed by atoms with Gasteiger partial charge in [-0.05, 0) is 18.2 Å². The summed E-state index contributed by atoms with van der Waals surface area (Å²) in [5, 5.41) is 10.5. The predicted molar refractivity (Wildman–Crippen MR) is 67.1 cm³/mol. The van der Waals surface area contributed by atoms with E-state index in [2.05, 4.69) is 0 Å². The molecule has 1 rings (SSSR count). The minimum Gasteiger partial charge on any atom is -0.482 e. The zero-order valence-corrected chi connectivity index (χ0v) is 11.2. The van der Waals surface area contributed by atoms with Crippen LogP contribution in [0.5, 0.6) is 5.75 Å². The summed E-state index contributed by atoms with van der Waals surface area (Å²) in [6, 6.07) is 1.48. The summed E-state index contributed by atoms with van der Waals surface area (Å²) in [6.07, 6.45) is -3.89. The molecule has 1 aromatic rings. The minimum absolute atomic E-state index is 0.00829. The van der Waals surface area contributed by atoms with Gasteiger partial charge >= 0.3 is 5.97 Å². The molecule has 1 aromatic carbocycles. The molecule has 0 aliphatic rings. The number of carboxylic acid groups (broad SMARTS) is 1. The maximum absolute atomic E-state index is 12.8. The lowest BCUT2D eigenvalue weighted by atomic mass is 10.2. The molecule has 0 aliphatic carbocycles.